The van der Waals surface area contributed by atoms with Gasteiger partial charge in [0, 0.05) is 29.6 Å². The van der Waals surface area contributed by atoms with Crippen molar-refractivity contribution in [1.29, 1.82) is 0 Å². The normalized spacial score (nSPS) is 16.9. The van der Waals surface area contributed by atoms with Gasteiger partial charge in [-0.05, 0) is 43.9 Å². The van der Waals surface area contributed by atoms with Gasteiger partial charge in [0.05, 0.1) is 0 Å². The first-order valence-electron chi connectivity index (χ1n) is 7.77. The number of hydrogen-bond acceptors (Lipinski definition) is 2. The van der Waals surface area contributed by atoms with Gasteiger partial charge in [-0.25, -0.2) is 0 Å². The Morgan fingerprint density at radius 1 is 1.30 bits per heavy atom. The molecule has 1 aromatic carbocycles. The number of halogens is 1. The second kappa shape index (κ2) is 7.58. The van der Waals surface area contributed by atoms with Crippen LogP contribution in [-0.2, 0) is 0 Å². The van der Waals surface area contributed by atoms with Crippen LogP contribution in [0.5, 0.6) is 0 Å². The van der Waals surface area contributed by atoms with E-state index in [0.29, 0.717) is 6.04 Å². The Bertz CT molecular complexity index is 415. The van der Waals surface area contributed by atoms with Crippen LogP contribution < -0.4 is 5.32 Å². The lowest BCUT2D eigenvalue weighted by atomic mass is 10.0. The highest BCUT2D eigenvalue weighted by Gasteiger charge is 2.29. The predicted octanol–water partition coefficient (Wildman–Crippen LogP) is 4.22. The molecule has 1 aliphatic carbocycles. The van der Waals surface area contributed by atoms with Crippen molar-refractivity contribution in [2.45, 2.75) is 45.2 Å². The van der Waals surface area contributed by atoms with Gasteiger partial charge in [0.1, 0.15) is 0 Å². The Hall–Kier alpha value is -0.380. The van der Waals surface area contributed by atoms with E-state index in [1.54, 1.807) is 0 Å². The van der Waals surface area contributed by atoms with Gasteiger partial charge in [0.15, 0.2) is 0 Å². The van der Waals surface area contributed by atoms with Crippen molar-refractivity contribution < 1.29 is 0 Å². The molecule has 2 nitrogen and oxygen atoms in total. The van der Waals surface area contributed by atoms with E-state index in [2.05, 4.69) is 71.3 Å². The van der Waals surface area contributed by atoms with E-state index in [-0.39, 0.29) is 0 Å². The first-order chi connectivity index (χ1) is 9.61. The van der Waals surface area contributed by atoms with Crippen LogP contribution in [0.15, 0.2) is 28.7 Å². The highest BCUT2D eigenvalue weighted by Crippen LogP contribution is 2.30. The van der Waals surface area contributed by atoms with Crippen molar-refractivity contribution in [3.05, 3.63) is 34.3 Å². The molecule has 2 rings (SSSR count). The summed E-state index contributed by atoms with van der Waals surface area (Å²) < 4.78 is 1.21. The fraction of sp³-hybridized carbons (Fsp3) is 0.647. The minimum atomic E-state index is 0.430. The van der Waals surface area contributed by atoms with Crippen LogP contribution >= 0.6 is 15.9 Å². The van der Waals surface area contributed by atoms with E-state index in [1.165, 1.54) is 42.4 Å². The fourth-order valence-corrected chi connectivity index (χ4v) is 3.40. The van der Waals surface area contributed by atoms with Crippen molar-refractivity contribution in [3.63, 3.8) is 0 Å². The number of nitrogens with zero attached hydrogens (tertiary/aromatic N) is 1. The molecule has 1 atom stereocenters. The molecular weight excluding hydrogens is 312 g/mol. The predicted molar refractivity (Wildman–Crippen MR) is 90.0 cm³/mol. The molecule has 0 aliphatic heterocycles. The summed E-state index contributed by atoms with van der Waals surface area (Å²) in [5, 5.41) is 3.47. The summed E-state index contributed by atoms with van der Waals surface area (Å²) in [6, 6.07) is 9.84. The Labute approximate surface area is 132 Å². The van der Waals surface area contributed by atoms with Crippen molar-refractivity contribution in [1.82, 2.24) is 10.2 Å². The fourth-order valence-electron chi connectivity index (χ4n) is 2.84. The molecule has 0 radical (unpaired) electrons. The minimum absolute atomic E-state index is 0.430. The highest BCUT2D eigenvalue weighted by molar-refractivity contribution is 9.10. The Morgan fingerprint density at radius 2 is 2.00 bits per heavy atom. The van der Waals surface area contributed by atoms with Crippen molar-refractivity contribution in [2.24, 2.45) is 5.92 Å². The third-order valence-corrected chi connectivity index (χ3v) is 4.72. The molecule has 0 spiro atoms. The van der Waals surface area contributed by atoms with Crippen molar-refractivity contribution in [2.75, 3.05) is 20.1 Å². The molecule has 1 aliphatic rings. The molecule has 1 N–H and O–H groups in total. The highest BCUT2D eigenvalue weighted by atomic mass is 79.9. The number of nitrogens with one attached hydrogen (secondary N) is 1. The Balaban J connectivity index is 1.94. The molecule has 1 unspecified atom stereocenters. The average molecular weight is 339 g/mol. The van der Waals surface area contributed by atoms with Gasteiger partial charge in [-0.3, -0.25) is 0 Å². The Morgan fingerprint density at radius 3 is 2.55 bits per heavy atom. The van der Waals surface area contributed by atoms with E-state index in [4.69, 9.17) is 0 Å². The van der Waals surface area contributed by atoms with Crippen molar-refractivity contribution >= 4 is 15.9 Å². The molecule has 0 bridgehead atoms. The SMILES string of the molecule is CNC(CCN(CC(C)C)C1CC1)c1ccccc1Br. The van der Waals surface area contributed by atoms with Gasteiger partial charge in [-0.2, -0.15) is 0 Å². The van der Waals surface area contributed by atoms with Crippen LogP contribution in [0.3, 0.4) is 0 Å². The van der Waals surface area contributed by atoms with E-state index in [1.807, 2.05) is 0 Å². The third kappa shape index (κ3) is 4.57. The van der Waals surface area contributed by atoms with Crippen LogP contribution in [0.25, 0.3) is 0 Å². The van der Waals surface area contributed by atoms with Gasteiger partial charge >= 0.3 is 0 Å². The molecule has 0 aromatic heterocycles. The molecule has 0 amide bonds. The van der Waals surface area contributed by atoms with Gasteiger partial charge in [0.25, 0.3) is 0 Å². The minimum Gasteiger partial charge on any atom is -0.313 e. The summed E-state index contributed by atoms with van der Waals surface area (Å²) >= 11 is 3.67. The Kier molecular flexibility index (Phi) is 6.06. The lowest BCUT2D eigenvalue weighted by molar-refractivity contribution is 0.222. The lowest BCUT2D eigenvalue weighted by Gasteiger charge is -2.27. The molecule has 0 heterocycles. The van der Waals surface area contributed by atoms with Crippen LogP contribution in [-0.4, -0.2) is 31.1 Å². The summed E-state index contributed by atoms with van der Waals surface area (Å²) in [7, 11) is 2.06. The van der Waals surface area contributed by atoms with Gasteiger partial charge in [0.2, 0.25) is 0 Å². The first kappa shape index (κ1) is 16.0. The molecule has 0 saturated heterocycles. The molecule has 1 aromatic rings. The zero-order valence-electron chi connectivity index (χ0n) is 12.9. The zero-order chi connectivity index (χ0) is 14.5. The maximum atomic E-state index is 3.67. The van der Waals surface area contributed by atoms with E-state index >= 15 is 0 Å². The van der Waals surface area contributed by atoms with Crippen LogP contribution in [0.4, 0.5) is 0 Å². The lowest BCUT2D eigenvalue weighted by Crippen LogP contribution is -2.33. The average Bonchev–Trinajstić information content (AvgIpc) is 3.24. The zero-order valence-corrected chi connectivity index (χ0v) is 14.5. The summed E-state index contributed by atoms with van der Waals surface area (Å²) in [4.78, 5) is 2.69. The summed E-state index contributed by atoms with van der Waals surface area (Å²) in [5.41, 5.74) is 1.37. The first-order valence-corrected chi connectivity index (χ1v) is 8.57. The summed E-state index contributed by atoms with van der Waals surface area (Å²) in [6.45, 7) is 7.06. The van der Waals surface area contributed by atoms with E-state index in [9.17, 15) is 0 Å². The molecule has 20 heavy (non-hydrogen) atoms. The van der Waals surface area contributed by atoms with Crippen LogP contribution in [0.2, 0.25) is 0 Å². The monoisotopic (exact) mass is 338 g/mol. The third-order valence-electron chi connectivity index (χ3n) is 4.00. The van der Waals surface area contributed by atoms with Gasteiger partial charge in [-0.15, -0.1) is 0 Å². The second-order valence-corrected chi connectivity index (χ2v) is 7.13. The maximum Gasteiger partial charge on any atom is 0.0340 e. The number of hydrogen-bond donors (Lipinski definition) is 1. The maximum absolute atomic E-state index is 3.67. The van der Waals surface area contributed by atoms with Crippen molar-refractivity contribution in [3.8, 4) is 0 Å². The topological polar surface area (TPSA) is 15.3 Å². The molecular formula is C17H27BrN2. The number of rotatable bonds is 8. The largest absolute Gasteiger partial charge is 0.313 e. The van der Waals surface area contributed by atoms with E-state index < -0.39 is 0 Å². The summed E-state index contributed by atoms with van der Waals surface area (Å²) in [6.07, 6.45) is 3.96. The molecule has 1 saturated carbocycles. The smallest absolute Gasteiger partial charge is 0.0340 e. The quantitative estimate of drug-likeness (QED) is 0.763. The molecule has 3 heteroatoms. The summed E-state index contributed by atoms with van der Waals surface area (Å²) in [5.74, 6) is 0.757. The van der Waals surface area contributed by atoms with E-state index in [0.717, 1.165) is 12.0 Å². The van der Waals surface area contributed by atoms with Gasteiger partial charge in [-0.1, -0.05) is 48.0 Å². The molecule has 1 fully saturated rings. The van der Waals surface area contributed by atoms with Crippen LogP contribution in [0, 0.1) is 5.92 Å². The molecule has 112 valence electrons. The number of benzene rings is 1. The van der Waals surface area contributed by atoms with Gasteiger partial charge < -0.3 is 10.2 Å². The second-order valence-electron chi connectivity index (χ2n) is 6.27. The van der Waals surface area contributed by atoms with Crippen LogP contribution in [0.1, 0.15) is 44.7 Å². The standard InChI is InChI=1S/C17H27BrN2/c1-13(2)12-20(14-8-9-14)11-10-17(19-3)15-6-4-5-7-16(15)18/h4-7,13-14,17,19H,8-12H2,1-3H3.